The van der Waals surface area contributed by atoms with Gasteiger partial charge in [0.1, 0.15) is 5.75 Å². The van der Waals surface area contributed by atoms with E-state index < -0.39 is 0 Å². The fourth-order valence-electron chi connectivity index (χ4n) is 2.76. The third-order valence-corrected chi connectivity index (χ3v) is 4.29. The molecular formula is C20H19ClN2O2. The van der Waals surface area contributed by atoms with Crippen molar-refractivity contribution in [3.8, 4) is 5.75 Å². The summed E-state index contributed by atoms with van der Waals surface area (Å²) in [5.41, 5.74) is 8.49. The number of halogens is 1. The number of methoxy groups -OCH3 is 1. The number of nitrogens with zero attached hydrogens (tertiary/aromatic N) is 1. The molecule has 2 aromatic carbocycles. The number of carbonyl (C=O) groups excluding carboxylic acids is 1. The van der Waals surface area contributed by atoms with Gasteiger partial charge in [0.05, 0.1) is 12.6 Å². The van der Waals surface area contributed by atoms with E-state index in [0.717, 1.165) is 27.8 Å². The normalized spacial score (nSPS) is 11.3. The van der Waals surface area contributed by atoms with Gasteiger partial charge in [-0.15, -0.1) is 0 Å². The highest BCUT2D eigenvalue weighted by Crippen LogP contribution is 2.26. The molecule has 0 saturated carbocycles. The number of rotatable bonds is 5. The smallest absolute Gasteiger partial charge is 0.255 e. The molecule has 1 heterocycles. The molecule has 4 nitrogen and oxygen atoms in total. The Morgan fingerprint density at radius 1 is 1.24 bits per heavy atom. The average Bonchev–Trinajstić information content (AvgIpc) is 2.99. The molecule has 2 N–H and O–H groups in total. The number of aromatic nitrogens is 1. The first-order valence-electron chi connectivity index (χ1n) is 7.98. The predicted octanol–water partition coefficient (Wildman–Crippen LogP) is 4.16. The second kappa shape index (κ2) is 7.55. The zero-order valence-electron chi connectivity index (χ0n) is 13.9. The van der Waals surface area contributed by atoms with Crippen molar-refractivity contribution in [2.75, 3.05) is 13.7 Å². The number of hydrogen-bond acceptors (Lipinski definition) is 3. The van der Waals surface area contributed by atoms with Crippen molar-refractivity contribution in [3.63, 3.8) is 0 Å². The van der Waals surface area contributed by atoms with E-state index in [-0.39, 0.29) is 5.91 Å². The van der Waals surface area contributed by atoms with Crippen LogP contribution in [0.1, 0.15) is 15.9 Å². The lowest BCUT2D eigenvalue weighted by Gasteiger charge is -2.03. The molecule has 0 spiro atoms. The van der Waals surface area contributed by atoms with Crippen LogP contribution in [0.15, 0.2) is 54.7 Å². The third-order valence-electron chi connectivity index (χ3n) is 4.03. The number of fused-ring (bicyclic) bond motifs is 1. The van der Waals surface area contributed by atoms with E-state index in [9.17, 15) is 4.79 Å². The Balaban J connectivity index is 1.96. The molecule has 0 unspecified atom stereocenters. The topological polar surface area (TPSA) is 57.2 Å². The number of benzene rings is 2. The van der Waals surface area contributed by atoms with E-state index in [0.29, 0.717) is 18.0 Å². The van der Waals surface area contributed by atoms with Crippen LogP contribution in [0.5, 0.6) is 5.75 Å². The molecule has 3 aromatic rings. The lowest BCUT2D eigenvalue weighted by Crippen LogP contribution is -2.06. The Hall–Kier alpha value is -2.56. The van der Waals surface area contributed by atoms with Crippen LogP contribution in [0, 0.1) is 0 Å². The summed E-state index contributed by atoms with van der Waals surface area (Å²) in [5, 5.41) is 1.65. The summed E-state index contributed by atoms with van der Waals surface area (Å²) in [7, 11) is 1.63. The lowest BCUT2D eigenvalue weighted by atomic mass is 10.1. The van der Waals surface area contributed by atoms with E-state index in [4.69, 9.17) is 22.1 Å². The van der Waals surface area contributed by atoms with Gasteiger partial charge in [0.2, 0.25) is 0 Å². The zero-order valence-corrected chi connectivity index (χ0v) is 14.7. The quantitative estimate of drug-likeness (QED) is 0.700. The number of allylic oxidation sites excluding steroid dienone is 1. The summed E-state index contributed by atoms with van der Waals surface area (Å²) in [6, 6.07) is 13.0. The minimum Gasteiger partial charge on any atom is -0.497 e. The molecule has 5 heteroatoms. The molecule has 0 aliphatic rings. The van der Waals surface area contributed by atoms with Crippen LogP contribution in [-0.2, 0) is 6.42 Å². The van der Waals surface area contributed by atoms with E-state index >= 15 is 0 Å². The third kappa shape index (κ3) is 3.76. The van der Waals surface area contributed by atoms with Gasteiger partial charge < -0.3 is 10.5 Å². The lowest BCUT2D eigenvalue weighted by molar-refractivity contribution is 0.0974. The highest BCUT2D eigenvalue weighted by Gasteiger charge is 2.12. The molecule has 0 aliphatic carbocycles. The Labute approximate surface area is 151 Å². The van der Waals surface area contributed by atoms with Crippen LogP contribution < -0.4 is 10.5 Å². The highest BCUT2D eigenvalue weighted by molar-refractivity contribution is 6.30. The maximum atomic E-state index is 12.7. The largest absolute Gasteiger partial charge is 0.497 e. The highest BCUT2D eigenvalue weighted by atomic mass is 35.5. The van der Waals surface area contributed by atoms with E-state index in [1.807, 2.05) is 36.5 Å². The minimum atomic E-state index is -0.117. The van der Waals surface area contributed by atoms with Gasteiger partial charge in [-0.1, -0.05) is 23.7 Å². The molecule has 0 bridgehead atoms. The first-order chi connectivity index (χ1) is 12.1. The summed E-state index contributed by atoms with van der Waals surface area (Å²) in [5.74, 6) is 0.640. The molecule has 25 heavy (non-hydrogen) atoms. The Kier molecular flexibility index (Phi) is 5.22. The maximum Gasteiger partial charge on any atom is 0.255 e. The second-order valence-electron chi connectivity index (χ2n) is 5.67. The Morgan fingerprint density at radius 2 is 2.00 bits per heavy atom. The van der Waals surface area contributed by atoms with Crippen LogP contribution in [-0.4, -0.2) is 24.1 Å². The van der Waals surface area contributed by atoms with Gasteiger partial charge in [-0.3, -0.25) is 9.36 Å². The molecule has 3 rings (SSSR count). The fourth-order valence-corrected chi connectivity index (χ4v) is 2.89. The molecule has 1 aromatic heterocycles. The maximum absolute atomic E-state index is 12.7. The van der Waals surface area contributed by atoms with E-state index in [1.165, 1.54) is 0 Å². The van der Waals surface area contributed by atoms with Crippen molar-refractivity contribution in [1.29, 1.82) is 0 Å². The van der Waals surface area contributed by atoms with Gasteiger partial charge in [-0.2, -0.15) is 0 Å². The van der Waals surface area contributed by atoms with Crippen molar-refractivity contribution in [2.45, 2.75) is 6.42 Å². The Bertz CT molecular complexity index is 927. The van der Waals surface area contributed by atoms with Gasteiger partial charge in [0.15, 0.2) is 0 Å². The van der Waals surface area contributed by atoms with Crippen LogP contribution in [0.4, 0.5) is 0 Å². The minimum absolute atomic E-state index is 0.117. The summed E-state index contributed by atoms with van der Waals surface area (Å²) >= 11 is 5.88. The first kappa shape index (κ1) is 17.3. The monoisotopic (exact) mass is 354 g/mol. The Morgan fingerprint density at radius 3 is 2.68 bits per heavy atom. The van der Waals surface area contributed by atoms with E-state index in [2.05, 4.69) is 0 Å². The fraction of sp³-hybridized carbons (Fsp3) is 0.150. The van der Waals surface area contributed by atoms with Crippen molar-refractivity contribution >= 4 is 34.5 Å². The van der Waals surface area contributed by atoms with Gasteiger partial charge in [0.25, 0.3) is 5.91 Å². The van der Waals surface area contributed by atoms with Crippen LogP contribution >= 0.6 is 11.6 Å². The molecule has 128 valence electrons. The molecule has 0 radical (unpaired) electrons. The van der Waals surface area contributed by atoms with Crippen LogP contribution in [0.25, 0.3) is 17.0 Å². The molecule has 0 saturated heterocycles. The van der Waals surface area contributed by atoms with Crippen LogP contribution in [0.2, 0.25) is 5.02 Å². The van der Waals surface area contributed by atoms with Gasteiger partial charge >= 0.3 is 0 Å². The number of hydrogen-bond donors (Lipinski definition) is 1. The summed E-state index contributed by atoms with van der Waals surface area (Å²) in [4.78, 5) is 12.7. The predicted molar refractivity (Wildman–Crippen MR) is 102 cm³/mol. The van der Waals surface area contributed by atoms with Crippen molar-refractivity contribution in [3.05, 3.63) is 70.9 Å². The molecular weight excluding hydrogens is 336 g/mol. The zero-order chi connectivity index (χ0) is 17.8. The van der Waals surface area contributed by atoms with Crippen molar-refractivity contribution < 1.29 is 9.53 Å². The number of carbonyl (C=O) groups is 1. The van der Waals surface area contributed by atoms with Crippen LogP contribution in [0.3, 0.4) is 0 Å². The van der Waals surface area contributed by atoms with E-state index in [1.54, 1.807) is 36.0 Å². The number of ether oxygens (including phenoxy) is 1. The first-order valence-corrected chi connectivity index (χ1v) is 8.36. The average molecular weight is 355 g/mol. The summed E-state index contributed by atoms with van der Waals surface area (Å²) in [6.07, 6.45) is 5.88. The van der Waals surface area contributed by atoms with Gasteiger partial charge in [-0.05, 0) is 60.5 Å². The second-order valence-corrected chi connectivity index (χ2v) is 6.11. The van der Waals surface area contributed by atoms with Gasteiger partial charge in [0, 0.05) is 22.7 Å². The standard InChI is InChI=1S/C20H19ClN2O2/c1-25-17-7-8-19-18(12-17)15(10-11-22)13-23(19)20(24)9-4-14-2-5-16(21)6-3-14/h2-9,12-13H,10-11,22H2,1H3. The van der Waals surface area contributed by atoms with Crippen molar-refractivity contribution in [1.82, 2.24) is 4.57 Å². The summed E-state index contributed by atoms with van der Waals surface area (Å²) < 4.78 is 6.93. The molecule has 0 amide bonds. The van der Waals surface area contributed by atoms with Gasteiger partial charge in [-0.25, -0.2) is 0 Å². The molecule has 0 atom stereocenters. The SMILES string of the molecule is COc1ccc2c(c1)c(CCN)cn2C(=O)C=Cc1ccc(Cl)cc1. The van der Waals surface area contributed by atoms with Crippen molar-refractivity contribution in [2.24, 2.45) is 5.73 Å². The molecule has 0 fully saturated rings. The number of nitrogens with two attached hydrogens (primary N) is 1. The molecule has 0 aliphatic heterocycles. The summed E-state index contributed by atoms with van der Waals surface area (Å²) in [6.45, 7) is 0.519.